The van der Waals surface area contributed by atoms with Crippen LogP contribution in [0.4, 0.5) is 0 Å². The minimum Gasteiger partial charge on any atom is -0.410 e. The first-order chi connectivity index (χ1) is 5.75. The molecular formula is C7H7N3O2. The van der Waals surface area contributed by atoms with E-state index in [0.717, 1.165) is 0 Å². The molecule has 1 heterocycles. The second-order valence-electron chi connectivity index (χ2n) is 2.03. The maximum Gasteiger partial charge on any atom is 0.273 e. The molecular weight excluding hydrogens is 158 g/mol. The van der Waals surface area contributed by atoms with E-state index >= 15 is 0 Å². The van der Waals surface area contributed by atoms with Crippen molar-refractivity contribution in [1.82, 2.24) is 4.98 Å². The van der Waals surface area contributed by atoms with Crippen LogP contribution in [-0.2, 0) is 4.79 Å². The molecule has 0 aromatic carbocycles. The first-order valence-corrected chi connectivity index (χ1v) is 3.19. The van der Waals surface area contributed by atoms with E-state index in [1.807, 2.05) is 0 Å². The lowest BCUT2D eigenvalue weighted by atomic mass is 10.2. The monoisotopic (exact) mass is 165 g/mol. The van der Waals surface area contributed by atoms with Crippen LogP contribution in [0.3, 0.4) is 0 Å². The third-order valence-corrected chi connectivity index (χ3v) is 1.24. The Morgan fingerprint density at radius 3 is 2.75 bits per heavy atom. The van der Waals surface area contributed by atoms with Crippen LogP contribution < -0.4 is 5.73 Å². The summed E-state index contributed by atoms with van der Waals surface area (Å²) in [4.78, 5) is 14.4. The van der Waals surface area contributed by atoms with Gasteiger partial charge in [-0.3, -0.25) is 9.78 Å². The predicted molar refractivity (Wildman–Crippen MR) is 41.8 cm³/mol. The van der Waals surface area contributed by atoms with Gasteiger partial charge in [0.15, 0.2) is 5.71 Å². The van der Waals surface area contributed by atoms with Crippen molar-refractivity contribution >= 4 is 11.6 Å². The highest BCUT2D eigenvalue weighted by molar-refractivity contribution is 6.44. The molecule has 5 nitrogen and oxygen atoms in total. The Hall–Kier alpha value is -1.91. The Labute approximate surface area is 68.5 Å². The van der Waals surface area contributed by atoms with Crippen LogP contribution in [0.5, 0.6) is 0 Å². The van der Waals surface area contributed by atoms with Gasteiger partial charge in [-0.2, -0.15) is 0 Å². The molecule has 0 fully saturated rings. The molecule has 0 aliphatic heterocycles. The van der Waals surface area contributed by atoms with Crippen molar-refractivity contribution in [3.05, 3.63) is 30.1 Å². The first-order valence-electron chi connectivity index (χ1n) is 3.19. The summed E-state index contributed by atoms with van der Waals surface area (Å²) in [6.45, 7) is 0. The van der Waals surface area contributed by atoms with Crippen LogP contribution in [0.15, 0.2) is 29.6 Å². The third kappa shape index (κ3) is 1.57. The van der Waals surface area contributed by atoms with Crippen LogP contribution in [0.25, 0.3) is 0 Å². The highest BCUT2D eigenvalue weighted by Gasteiger charge is 2.10. The van der Waals surface area contributed by atoms with Crippen molar-refractivity contribution in [2.24, 2.45) is 10.9 Å². The molecule has 0 unspecified atom stereocenters. The minimum absolute atomic E-state index is 0.240. The highest BCUT2D eigenvalue weighted by Crippen LogP contribution is 1.95. The maximum absolute atomic E-state index is 10.6. The van der Waals surface area contributed by atoms with Crippen LogP contribution >= 0.6 is 0 Å². The fraction of sp³-hybridized carbons (Fsp3) is 0. The molecule has 1 rings (SSSR count). The Morgan fingerprint density at radius 1 is 1.58 bits per heavy atom. The van der Waals surface area contributed by atoms with Gasteiger partial charge in [0.2, 0.25) is 0 Å². The van der Waals surface area contributed by atoms with Crippen molar-refractivity contribution in [1.29, 1.82) is 0 Å². The van der Waals surface area contributed by atoms with E-state index in [1.165, 1.54) is 12.3 Å². The molecule has 0 saturated heterocycles. The number of nitrogens with two attached hydrogens (primary N) is 1. The highest BCUT2D eigenvalue weighted by atomic mass is 16.4. The molecule has 0 aliphatic rings. The number of nitrogens with zero attached hydrogens (tertiary/aromatic N) is 2. The summed E-state index contributed by atoms with van der Waals surface area (Å²) in [6, 6.07) is 4.87. The lowest BCUT2D eigenvalue weighted by molar-refractivity contribution is -0.112. The largest absolute Gasteiger partial charge is 0.410 e. The van der Waals surface area contributed by atoms with Crippen LogP contribution in [0.1, 0.15) is 5.69 Å². The number of carbonyl (C=O) groups excluding carboxylic acids is 1. The first kappa shape index (κ1) is 8.19. The van der Waals surface area contributed by atoms with E-state index in [1.54, 1.807) is 12.1 Å². The van der Waals surface area contributed by atoms with Crippen molar-refractivity contribution in [3.63, 3.8) is 0 Å². The van der Waals surface area contributed by atoms with Gasteiger partial charge in [-0.05, 0) is 12.1 Å². The fourth-order valence-corrected chi connectivity index (χ4v) is 0.730. The zero-order valence-corrected chi connectivity index (χ0v) is 6.14. The lowest BCUT2D eigenvalue weighted by Crippen LogP contribution is -2.25. The standard InChI is InChI=1S/C7H7N3O2/c8-7(11)6(10-12)5-3-1-2-4-9-5/h1-4,12H,(H2,8,11)/b10-6-. The topological polar surface area (TPSA) is 88.6 Å². The second kappa shape index (κ2) is 3.47. The molecule has 0 aliphatic carbocycles. The maximum atomic E-state index is 10.6. The number of hydrogen-bond donors (Lipinski definition) is 2. The van der Waals surface area contributed by atoms with Gasteiger partial charge >= 0.3 is 0 Å². The summed E-state index contributed by atoms with van der Waals surface area (Å²) in [5, 5.41) is 11.1. The van der Waals surface area contributed by atoms with E-state index in [0.29, 0.717) is 0 Å². The number of rotatable bonds is 2. The molecule has 0 radical (unpaired) electrons. The number of aromatic nitrogens is 1. The molecule has 1 aromatic heterocycles. The van der Waals surface area contributed by atoms with E-state index < -0.39 is 5.91 Å². The summed E-state index contributed by atoms with van der Waals surface area (Å²) in [5.41, 5.74) is 4.93. The van der Waals surface area contributed by atoms with Gasteiger partial charge < -0.3 is 10.9 Å². The van der Waals surface area contributed by atoms with Gasteiger partial charge in [0.1, 0.15) is 0 Å². The molecule has 5 heteroatoms. The second-order valence-corrected chi connectivity index (χ2v) is 2.03. The molecule has 12 heavy (non-hydrogen) atoms. The van der Waals surface area contributed by atoms with Crippen molar-refractivity contribution in [3.8, 4) is 0 Å². The number of carbonyl (C=O) groups is 1. The van der Waals surface area contributed by atoms with Gasteiger partial charge in [-0.25, -0.2) is 0 Å². The van der Waals surface area contributed by atoms with Crippen molar-refractivity contribution in [2.45, 2.75) is 0 Å². The normalized spacial score (nSPS) is 11.2. The Kier molecular flexibility index (Phi) is 2.37. The van der Waals surface area contributed by atoms with Crippen LogP contribution in [0, 0.1) is 0 Å². The van der Waals surface area contributed by atoms with Gasteiger partial charge in [0, 0.05) is 6.20 Å². The van der Waals surface area contributed by atoms with E-state index in [-0.39, 0.29) is 11.4 Å². The molecule has 3 N–H and O–H groups in total. The summed E-state index contributed by atoms with van der Waals surface area (Å²) >= 11 is 0. The Bertz CT molecular complexity index is 308. The average molecular weight is 165 g/mol. The van der Waals surface area contributed by atoms with Crippen molar-refractivity contribution in [2.75, 3.05) is 0 Å². The quantitative estimate of drug-likeness (QED) is 0.359. The minimum atomic E-state index is -0.809. The van der Waals surface area contributed by atoms with E-state index in [2.05, 4.69) is 10.1 Å². The molecule has 1 aromatic rings. The Morgan fingerprint density at radius 2 is 2.33 bits per heavy atom. The van der Waals surface area contributed by atoms with Crippen LogP contribution in [-0.4, -0.2) is 21.8 Å². The van der Waals surface area contributed by atoms with Gasteiger partial charge in [0.05, 0.1) is 5.69 Å². The van der Waals surface area contributed by atoms with Crippen LogP contribution in [0.2, 0.25) is 0 Å². The number of primary amides is 1. The number of oxime groups is 1. The number of amides is 1. The Balaban J connectivity index is 3.05. The third-order valence-electron chi connectivity index (χ3n) is 1.24. The summed E-state index contributed by atoms with van der Waals surface area (Å²) < 4.78 is 0. The molecule has 0 atom stereocenters. The van der Waals surface area contributed by atoms with Gasteiger partial charge in [0.25, 0.3) is 5.91 Å². The zero-order valence-electron chi connectivity index (χ0n) is 6.14. The molecule has 0 spiro atoms. The average Bonchev–Trinajstić information content (AvgIpc) is 2.07. The van der Waals surface area contributed by atoms with E-state index in [9.17, 15) is 4.79 Å². The van der Waals surface area contributed by atoms with Crippen molar-refractivity contribution < 1.29 is 10.0 Å². The predicted octanol–water partition coefficient (Wildman–Crippen LogP) is -0.255. The SMILES string of the molecule is NC(=O)/C(=N\O)c1ccccn1. The van der Waals surface area contributed by atoms with E-state index in [4.69, 9.17) is 10.9 Å². The van der Waals surface area contributed by atoms with Gasteiger partial charge in [-0.1, -0.05) is 11.2 Å². The summed E-state index contributed by atoms with van der Waals surface area (Å²) in [5.74, 6) is -0.809. The summed E-state index contributed by atoms with van der Waals surface area (Å²) in [6.07, 6.45) is 1.48. The molecule has 1 amide bonds. The zero-order chi connectivity index (χ0) is 8.97. The lowest BCUT2D eigenvalue weighted by Gasteiger charge is -1.96. The van der Waals surface area contributed by atoms with Gasteiger partial charge in [-0.15, -0.1) is 0 Å². The fourth-order valence-electron chi connectivity index (χ4n) is 0.730. The molecule has 62 valence electrons. The smallest absolute Gasteiger partial charge is 0.273 e. The number of hydrogen-bond acceptors (Lipinski definition) is 4. The molecule has 0 bridgehead atoms. The number of pyridine rings is 1. The molecule has 0 saturated carbocycles. The summed E-state index contributed by atoms with van der Waals surface area (Å²) in [7, 11) is 0.